The van der Waals surface area contributed by atoms with Crippen molar-refractivity contribution in [2.45, 2.75) is 53.0 Å². The van der Waals surface area contributed by atoms with Gasteiger partial charge in [0.15, 0.2) is 13.2 Å². The molecular formula is C19H28N2O5. The van der Waals surface area contributed by atoms with Crippen LogP contribution in [0.15, 0.2) is 18.2 Å². The summed E-state index contributed by atoms with van der Waals surface area (Å²) in [5.41, 5.74) is 1.82. The molecule has 0 aliphatic rings. The number of benzene rings is 1. The van der Waals surface area contributed by atoms with Crippen LogP contribution in [0.4, 0.5) is 4.79 Å². The number of aryl methyl sites for hydroxylation is 1. The summed E-state index contributed by atoms with van der Waals surface area (Å²) < 4.78 is 10.2. The second kappa shape index (κ2) is 9.22. The molecular weight excluding hydrogens is 336 g/mol. The first-order valence-corrected chi connectivity index (χ1v) is 8.49. The largest absolute Gasteiger partial charge is 0.482 e. The first-order chi connectivity index (χ1) is 12.0. The van der Waals surface area contributed by atoms with E-state index in [-0.39, 0.29) is 6.61 Å². The Morgan fingerprint density at radius 2 is 1.77 bits per heavy atom. The average molecular weight is 364 g/mol. The number of rotatable bonds is 6. The van der Waals surface area contributed by atoms with Crippen LogP contribution >= 0.6 is 0 Å². The SMILES string of the molecule is Cc1cc(OCC(=O)OCC(=O)NC(=O)NC(C)(C)C)ccc1C(C)C. The first-order valence-electron chi connectivity index (χ1n) is 8.49. The van der Waals surface area contributed by atoms with Crippen molar-refractivity contribution in [1.82, 2.24) is 10.6 Å². The molecule has 0 radical (unpaired) electrons. The molecule has 0 unspecified atom stereocenters. The standard InChI is InChI=1S/C19H28N2O5/c1-12(2)15-8-7-14(9-13(15)3)25-11-17(23)26-10-16(22)20-18(24)21-19(4,5)6/h7-9,12H,10-11H2,1-6H3,(H2,20,21,22,24). The number of urea groups is 1. The minimum Gasteiger partial charge on any atom is -0.482 e. The summed E-state index contributed by atoms with van der Waals surface area (Å²) in [6.45, 7) is 10.7. The molecule has 144 valence electrons. The summed E-state index contributed by atoms with van der Waals surface area (Å²) >= 11 is 0. The van der Waals surface area contributed by atoms with E-state index in [1.165, 1.54) is 5.56 Å². The van der Waals surface area contributed by atoms with E-state index in [2.05, 4.69) is 24.5 Å². The minimum atomic E-state index is -0.711. The van der Waals surface area contributed by atoms with Crippen LogP contribution in [-0.4, -0.2) is 36.7 Å². The highest BCUT2D eigenvalue weighted by atomic mass is 16.6. The zero-order valence-corrected chi connectivity index (χ0v) is 16.3. The van der Waals surface area contributed by atoms with Crippen LogP contribution in [0, 0.1) is 6.92 Å². The van der Waals surface area contributed by atoms with Gasteiger partial charge >= 0.3 is 12.0 Å². The van der Waals surface area contributed by atoms with Crippen LogP contribution in [0.3, 0.4) is 0 Å². The maximum absolute atomic E-state index is 11.7. The quantitative estimate of drug-likeness (QED) is 0.757. The highest BCUT2D eigenvalue weighted by Gasteiger charge is 2.16. The molecule has 0 saturated heterocycles. The number of amides is 3. The number of hydrogen-bond acceptors (Lipinski definition) is 5. The summed E-state index contributed by atoms with van der Waals surface area (Å²) in [5.74, 6) is -0.444. The Kier molecular flexibility index (Phi) is 7.61. The number of carbonyl (C=O) groups excluding carboxylic acids is 3. The number of esters is 1. The summed E-state index contributed by atoms with van der Waals surface area (Å²) in [6, 6.07) is 4.96. The third kappa shape index (κ3) is 8.00. The Morgan fingerprint density at radius 3 is 2.31 bits per heavy atom. The van der Waals surface area contributed by atoms with Gasteiger partial charge in [-0.05, 0) is 56.9 Å². The van der Waals surface area contributed by atoms with E-state index in [0.717, 1.165) is 5.56 Å². The molecule has 1 rings (SSSR count). The minimum absolute atomic E-state index is 0.318. The van der Waals surface area contributed by atoms with Crippen molar-refractivity contribution in [1.29, 1.82) is 0 Å². The summed E-state index contributed by atoms with van der Waals surface area (Å²) in [7, 11) is 0. The molecule has 3 amide bonds. The third-order valence-corrected chi connectivity index (χ3v) is 3.33. The van der Waals surface area contributed by atoms with E-state index in [9.17, 15) is 14.4 Å². The lowest BCUT2D eigenvalue weighted by atomic mass is 9.98. The Labute approximate surface area is 154 Å². The van der Waals surface area contributed by atoms with E-state index in [1.54, 1.807) is 26.8 Å². The maximum Gasteiger partial charge on any atom is 0.344 e. The van der Waals surface area contributed by atoms with Gasteiger partial charge in [-0.15, -0.1) is 0 Å². The lowest BCUT2D eigenvalue weighted by molar-refractivity contribution is -0.150. The Bertz CT molecular complexity index is 662. The molecule has 7 heteroatoms. The molecule has 1 aromatic rings. The van der Waals surface area contributed by atoms with Crippen molar-refractivity contribution < 1.29 is 23.9 Å². The van der Waals surface area contributed by atoms with Gasteiger partial charge in [0.05, 0.1) is 0 Å². The number of carbonyl (C=O) groups is 3. The van der Waals surface area contributed by atoms with Crippen molar-refractivity contribution in [2.24, 2.45) is 0 Å². The average Bonchev–Trinajstić information content (AvgIpc) is 2.48. The molecule has 0 aliphatic carbocycles. The molecule has 0 aromatic heterocycles. The van der Waals surface area contributed by atoms with E-state index in [1.807, 2.05) is 19.1 Å². The maximum atomic E-state index is 11.7. The molecule has 26 heavy (non-hydrogen) atoms. The van der Waals surface area contributed by atoms with Gasteiger partial charge < -0.3 is 14.8 Å². The van der Waals surface area contributed by atoms with E-state index >= 15 is 0 Å². The van der Waals surface area contributed by atoms with Gasteiger partial charge in [-0.3, -0.25) is 10.1 Å². The fourth-order valence-electron chi connectivity index (χ4n) is 2.25. The predicted octanol–water partition coefficient (Wildman–Crippen LogP) is 2.66. The zero-order chi connectivity index (χ0) is 19.9. The van der Waals surface area contributed by atoms with Crippen LogP contribution in [0.2, 0.25) is 0 Å². The van der Waals surface area contributed by atoms with Crippen molar-refractivity contribution in [3.05, 3.63) is 29.3 Å². The van der Waals surface area contributed by atoms with Gasteiger partial charge in [0.1, 0.15) is 5.75 Å². The van der Waals surface area contributed by atoms with E-state index in [0.29, 0.717) is 11.7 Å². The predicted molar refractivity (Wildman–Crippen MR) is 98.1 cm³/mol. The Balaban J connectivity index is 2.38. The molecule has 0 atom stereocenters. The lowest BCUT2D eigenvalue weighted by Gasteiger charge is -2.20. The molecule has 0 aliphatic heterocycles. The van der Waals surface area contributed by atoms with Gasteiger partial charge in [0.25, 0.3) is 5.91 Å². The van der Waals surface area contributed by atoms with Crippen LogP contribution in [-0.2, 0) is 14.3 Å². The van der Waals surface area contributed by atoms with Crippen molar-refractivity contribution in [3.8, 4) is 5.75 Å². The monoisotopic (exact) mass is 364 g/mol. The number of imide groups is 1. The van der Waals surface area contributed by atoms with Crippen molar-refractivity contribution >= 4 is 17.9 Å². The van der Waals surface area contributed by atoms with Gasteiger partial charge in [-0.1, -0.05) is 19.9 Å². The number of nitrogens with one attached hydrogen (secondary N) is 2. The fourth-order valence-corrected chi connectivity index (χ4v) is 2.25. The fraction of sp³-hybridized carbons (Fsp3) is 0.526. The summed E-state index contributed by atoms with van der Waals surface area (Å²) in [5, 5.41) is 4.65. The summed E-state index contributed by atoms with van der Waals surface area (Å²) in [6.07, 6.45) is 0. The van der Waals surface area contributed by atoms with Crippen LogP contribution < -0.4 is 15.4 Å². The second-order valence-corrected chi connectivity index (χ2v) is 7.37. The topological polar surface area (TPSA) is 93.7 Å². The number of hydrogen-bond donors (Lipinski definition) is 2. The lowest BCUT2D eigenvalue weighted by Crippen LogP contribution is -2.49. The van der Waals surface area contributed by atoms with Crippen LogP contribution in [0.5, 0.6) is 5.75 Å². The zero-order valence-electron chi connectivity index (χ0n) is 16.3. The molecule has 0 spiro atoms. The molecule has 2 N–H and O–H groups in total. The second-order valence-electron chi connectivity index (χ2n) is 7.37. The molecule has 7 nitrogen and oxygen atoms in total. The van der Waals surface area contributed by atoms with Gasteiger partial charge in [0.2, 0.25) is 0 Å². The third-order valence-electron chi connectivity index (χ3n) is 3.33. The normalized spacial score (nSPS) is 11.0. The molecule has 0 saturated carbocycles. The first kappa shape index (κ1) is 21.5. The van der Waals surface area contributed by atoms with Crippen LogP contribution in [0.25, 0.3) is 0 Å². The van der Waals surface area contributed by atoms with E-state index < -0.39 is 30.1 Å². The van der Waals surface area contributed by atoms with Gasteiger partial charge in [-0.2, -0.15) is 0 Å². The van der Waals surface area contributed by atoms with Crippen LogP contribution in [0.1, 0.15) is 51.7 Å². The Hall–Kier alpha value is -2.57. The number of ether oxygens (including phenoxy) is 2. The van der Waals surface area contributed by atoms with E-state index in [4.69, 9.17) is 9.47 Å². The van der Waals surface area contributed by atoms with Crippen molar-refractivity contribution in [2.75, 3.05) is 13.2 Å². The highest BCUT2D eigenvalue weighted by molar-refractivity contribution is 5.95. The van der Waals surface area contributed by atoms with Gasteiger partial charge in [-0.25, -0.2) is 9.59 Å². The highest BCUT2D eigenvalue weighted by Crippen LogP contribution is 2.23. The molecule has 0 fully saturated rings. The molecule has 0 bridgehead atoms. The molecule has 0 heterocycles. The van der Waals surface area contributed by atoms with Gasteiger partial charge in [0, 0.05) is 5.54 Å². The smallest absolute Gasteiger partial charge is 0.344 e. The van der Waals surface area contributed by atoms with Crippen molar-refractivity contribution in [3.63, 3.8) is 0 Å². The Morgan fingerprint density at radius 1 is 1.12 bits per heavy atom. The molecule has 1 aromatic carbocycles. The summed E-state index contributed by atoms with van der Waals surface area (Å²) in [4.78, 5) is 34.8.